The molecule has 0 saturated heterocycles. The predicted molar refractivity (Wildman–Crippen MR) is 94.8 cm³/mol. The molecule has 0 spiro atoms. The number of aromatic nitrogens is 4. The maximum absolute atomic E-state index is 12.9. The first-order valence-electron chi connectivity index (χ1n) is 7.85. The molecule has 126 valence electrons. The van der Waals surface area contributed by atoms with E-state index in [2.05, 4.69) is 4.98 Å². The molecule has 3 aromatic rings. The van der Waals surface area contributed by atoms with Crippen molar-refractivity contribution < 1.29 is 0 Å². The number of aryl methyl sites for hydroxylation is 3. The van der Waals surface area contributed by atoms with Crippen molar-refractivity contribution in [2.24, 2.45) is 7.05 Å². The Bertz CT molecular complexity index is 1010. The Labute approximate surface area is 143 Å². The Hall–Kier alpha value is -2.34. The van der Waals surface area contributed by atoms with Gasteiger partial charge >= 0.3 is 5.69 Å². The third kappa shape index (κ3) is 2.67. The van der Waals surface area contributed by atoms with Crippen molar-refractivity contribution in [2.45, 2.75) is 33.4 Å². The summed E-state index contributed by atoms with van der Waals surface area (Å²) in [5.74, 6) is 0.704. The van der Waals surface area contributed by atoms with Gasteiger partial charge in [-0.25, -0.2) is 9.78 Å². The van der Waals surface area contributed by atoms with Crippen LogP contribution in [0.1, 0.15) is 24.7 Å². The normalized spacial score (nSPS) is 11.3. The Kier molecular flexibility index (Phi) is 4.32. The van der Waals surface area contributed by atoms with E-state index in [1.54, 1.807) is 28.3 Å². The molecule has 0 radical (unpaired) electrons. The summed E-state index contributed by atoms with van der Waals surface area (Å²) in [6.07, 6.45) is 0.782. The average Bonchev–Trinajstić information content (AvgIpc) is 2.85. The minimum atomic E-state index is -0.331. The second kappa shape index (κ2) is 6.28. The van der Waals surface area contributed by atoms with Crippen molar-refractivity contribution in [3.63, 3.8) is 0 Å². The molecule has 0 unspecified atom stereocenters. The van der Waals surface area contributed by atoms with Crippen LogP contribution in [0.25, 0.3) is 11.2 Å². The van der Waals surface area contributed by atoms with Gasteiger partial charge in [0, 0.05) is 18.6 Å². The van der Waals surface area contributed by atoms with Gasteiger partial charge in [-0.1, -0.05) is 30.7 Å². The molecule has 0 atom stereocenters. The molecular formula is C17H19ClN4O2. The lowest BCUT2D eigenvalue weighted by Gasteiger charge is -2.11. The molecule has 24 heavy (non-hydrogen) atoms. The molecule has 0 aliphatic rings. The Morgan fingerprint density at radius 1 is 1.12 bits per heavy atom. The third-order valence-corrected chi connectivity index (χ3v) is 4.42. The molecule has 0 aliphatic heterocycles. The molecule has 6 nitrogen and oxygen atoms in total. The van der Waals surface area contributed by atoms with E-state index in [9.17, 15) is 9.59 Å². The van der Waals surface area contributed by atoms with Crippen molar-refractivity contribution in [2.75, 3.05) is 0 Å². The molecule has 3 rings (SSSR count). The van der Waals surface area contributed by atoms with Gasteiger partial charge < -0.3 is 4.57 Å². The van der Waals surface area contributed by atoms with Crippen LogP contribution in [0, 0.1) is 6.92 Å². The molecule has 0 N–H and O–H groups in total. The van der Waals surface area contributed by atoms with Crippen molar-refractivity contribution in [3.05, 3.63) is 61.5 Å². The molecule has 2 heterocycles. The topological polar surface area (TPSA) is 61.8 Å². The summed E-state index contributed by atoms with van der Waals surface area (Å²) in [6.45, 7) is 4.54. The zero-order valence-electron chi connectivity index (χ0n) is 13.9. The van der Waals surface area contributed by atoms with Crippen molar-refractivity contribution in [1.82, 2.24) is 18.7 Å². The maximum Gasteiger partial charge on any atom is 0.333 e. The summed E-state index contributed by atoms with van der Waals surface area (Å²) < 4.78 is 4.59. The summed E-state index contributed by atoms with van der Waals surface area (Å²) in [5, 5.41) is 0.618. The van der Waals surface area contributed by atoms with E-state index in [0.717, 1.165) is 12.0 Å². The minimum Gasteiger partial charge on any atom is -0.325 e. The minimum absolute atomic E-state index is 0.207. The van der Waals surface area contributed by atoms with Crippen LogP contribution < -0.4 is 11.2 Å². The van der Waals surface area contributed by atoms with E-state index in [-0.39, 0.29) is 17.8 Å². The Balaban J connectivity index is 2.27. The van der Waals surface area contributed by atoms with Crippen LogP contribution in [-0.2, 0) is 20.1 Å². The highest BCUT2D eigenvalue weighted by molar-refractivity contribution is 6.30. The largest absolute Gasteiger partial charge is 0.333 e. The zero-order chi connectivity index (χ0) is 17.4. The smallest absolute Gasteiger partial charge is 0.325 e. The van der Waals surface area contributed by atoms with E-state index >= 15 is 0 Å². The molecule has 0 amide bonds. The Morgan fingerprint density at radius 3 is 2.42 bits per heavy atom. The molecule has 1 aromatic carbocycles. The summed E-state index contributed by atoms with van der Waals surface area (Å²) >= 11 is 5.90. The van der Waals surface area contributed by atoms with Crippen LogP contribution in [0.4, 0.5) is 0 Å². The van der Waals surface area contributed by atoms with Crippen LogP contribution in [0.3, 0.4) is 0 Å². The van der Waals surface area contributed by atoms with E-state index in [0.29, 0.717) is 28.6 Å². The van der Waals surface area contributed by atoms with Gasteiger partial charge in [-0.05, 0) is 31.0 Å². The molecule has 7 heteroatoms. The SMILES string of the molecule is CCCn1c(=O)n(Cc2ccc(Cl)cc2)c(=O)c2c1nc(C)n2C. The van der Waals surface area contributed by atoms with Gasteiger partial charge in [0.05, 0.1) is 6.54 Å². The van der Waals surface area contributed by atoms with E-state index < -0.39 is 0 Å². The highest BCUT2D eigenvalue weighted by Gasteiger charge is 2.18. The van der Waals surface area contributed by atoms with E-state index in [4.69, 9.17) is 11.6 Å². The van der Waals surface area contributed by atoms with Gasteiger partial charge in [0.25, 0.3) is 5.56 Å². The lowest BCUT2D eigenvalue weighted by atomic mass is 10.2. The fraction of sp³-hybridized carbons (Fsp3) is 0.353. The first-order valence-corrected chi connectivity index (χ1v) is 8.23. The number of halogens is 1. The van der Waals surface area contributed by atoms with Crippen molar-refractivity contribution in [3.8, 4) is 0 Å². The number of hydrogen-bond acceptors (Lipinski definition) is 3. The van der Waals surface area contributed by atoms with Gasteiger partial charge in [0.15, 0.2) is 11.2 Å². The second-order valence-electron chi connectivity index (χ2n) is 5.84. The second-order valence-corrected chi connectivity index (χ2v) is 6.28. The van der Waals surface area contributed by atoms with Crippen molar-refractivity contribution >= 4 is 22.8 Å². The molecule has 0 aliphatic carbocycles. The molecule has 0 saturated carbocycles. The highest BCUT2D eigenvalue weighted by Crippen LogP contribution is 2.12. The van der Waals surface area contributed by atoms with Gasteiger partial charge in [-0.3, -0.25) is 13.9 Å². The van der Waals surface area contributed by atoms with Crippen molar-refractivity contribution in [1.29, 1.82) is 0 Å². The van der Waals surface area contributed by atoms with E-state index in [1.807, 2.05) is 26.0 Å². The summed E-state index contributed by atoms with van der Waals surface area (Å²) in [6, 6.07) is 7.13. The van der Waals surface area contributed by atoms with Crippen LogP contribution >= 0.6 is 11.6 Å². The van der Waals surface area contributed by atoms with Crippen LogP contribution in [0.2, 0.25) is 5.02 Å². The number of fused-ring (bicyclic) bond motifs is 1. The van der Waals surface area contributed by atoms with Crippen LogP contribution in [-0.4, -0.2) is 18.7 Å². The van der Waals surface area contributed by atoms with Gasteiger partial charge in [0.1, 0.15) is 5.82 Å². The number of benzene rings is 1. The van der Waals surface area contributed by atoms with E-state index in [1.165, 1.54) is 4.57 Å². The summed E-state index contributed by atoms with van der Waals surface area (Å²) in [5.41, 5.74) is 1.11. The standard InChI is InChI=1S/C17H19ClN4O2/c1-4-9-21-15-14(20(3)11(2)19-15)16(23)22(17(21)24)10-12-5-7-13(18)8-6-12/h5-8H,4,9-10H2,1-3H3. The summed E-state index contributed by atoms with van der Waals surface area (Å²) in [7, 11) is 1.79. The maximum atomic E-state index is 12.9. The van der Waals surface area contributed by atoms with Crippen LogP contribution in [0.5, 0.6) is 0 Å². The number of imidazole rings is 1. The van der Waals surface area contributed by atoms with Gasteiger partial charge in [-0.2, -0.15) is 0 Å². The number of nitrogens with zero attached hydrogens (tertiary/aromatic N) is 4. The number of hydrogen-bond donors (Lipinski definition) is 0. The monoisotopic (exact) mass is 346 g/mol. The molecule has 0 bridgehead atoms. The quantitative estimate of drug-likeness (QED) is 0.728. The van der Waals surface area contributed by atoms with Gasteiger partial charge in [-0.15, -0.1) is 0 Å². The lowest BCUT2D eigenvalue weighted by molar-refractivity contribution is 0.588. The summed E-state index contributed by atoms with van der Waals surface area (Å²) in [4.78, 5) is 30.1. The van der Waals surface area contributed by atoms with Gasteiger partial charge in [0.2, 0.25) is 0 Å². The first-order chi connectivity index (χ1) is 11.4. The van der Waals surface area contributed by atoms with Crippen LogP contribution in [0.15, 0.2) is 33.9 Å². The highest BCUT2D eigenvalue weighted by atomic mass is 35.5. The predicted octanol–water partition coefficient (Wildman–Crippen LogP) is 2.32. The number of rotatable bonds is 4. The first kappa shape index (κ1) is 16.5. The lowest BCUT2D eigenvalue weighted by Crippen LogP contribution is -2.40. The Morgan fingerprint density at radius 2 is 1.79 bits per heavy atom. The third-order valence-electron chi connectivity index (χ3n) is 4.17. The molecule has 2 aromatic heterocycles. The molecular weight excluding hydrogens is 328 g/mol. The fourth-order valence-corrected chi connectivity index (χ4v) is 2.93. The zero-order valence-corrected chi connectivity index (χ0v) is 14.7. The fourth-order valence-electron chi connectivity index (χ4n) is 2.81. The average molecular weight is 347 g/mol. The molecule has 0 fully saturated rings.